The topological polar surface area (TPSA) is 47.6 Å². The SMILES string of the molecule is COc1ccc(CCN=C(N)CCl)cc1.Cl. The molecule has 0 radical (unpaired) electrons. The van der Waals surface area contributed by atoms with Crippen molar-refractivity contribution in [2.45, 2.75) is 6.42 Å². The molecule has 0 aliphatic rings. The van der Waals surface area contributed by atoms with Gasteiger partial charge in [0.1, 0.15) is 11.6 Å². The maximum Gasteiger partial charge on any atom is 0.118 e. The Morgan fingerprint density at radius 2 is 2.00 bits per heavy atom. The van der Waals surface area contributed by atoms with E-state index in [1.807, 2.05) is 24.3 Å². The van der Waals surface area contributed by atoms with Gasteiger partial charge in [-0.2, -0.15) is 0 Å². The molecule has 5 heteroatoms. The quantitative estimate of drug-likeness (QED) is 0.503. The third kappa shape index (κ3) is 5.24. The van der Waals surface area contributed by atoms with Crippen LogP contribution in [0.5, 0.6) is 5.75 Å². The maximum absolute atomic E-state index is 5.50. The maximum atomic E-state index is 5.50. The summed E-state index contributed by atoms with van der Waals surface area (Å²) in [6.07, 6.45) is 0.863. The normalized spacial score (nSPS) is 10.8. The molecule has 0 bridgehead atoms. The van der Waals surface area contributed by atoms with Crippen LogP contribution in [-0.4, -0.2) is 25.4 Å². The predicted molar refractivity (Wildman–Crippen MR) is 71.2 cm³/mol. The highest BCUT2D eigenvalue weighted by Gasteiger charge is 1.94. The fraction of sp³-hybridized carbons (Fsp3) is 0.364. The van der Waals surface area contributed by atoms with Crippen LogP contribution in [0, 0.1) is 0 Å². The van der Waals surface area contributed by atoms with Crippen LogP contribution in [-0.2, 0) is 6.42 Å². The number of aliphatic imine (C=N–C) groups is 1. The fourth-order valence-electron chi connectivity index (χ4n) is 1.16. The van der Waals surface area contributed by atoms with Crippen LogP contribution in [0.25, 0.3) is 0 Å². The summed E-state index contributed by atoms with van der Waals surface area (Å²) in [4.78, 5) is 4.11. The highest BCUT2D eigenvalue weighted by Crippen LogP contribution is 2.11. The Kier molecular flexibility index (Phi) is 7.77. The first-order valence-corrected chi connectivity index (χ1v) is 5.27. The van der Waals surface area contributed by atoms with Crippen molar-refractivity contribution in [2.75, 3.05) is 19.5 Å². The van der Waals surface area contributed by atoms with E-state index >= 15 is 0 Å². The van der Waals surface area contributed by atoms with Crippen molar-refractivity contribution < 1.29 is 4.74 Å². The molecule has 0 heterocycles. The summed E-state index contributed by atoms with van der Waals surface area (Å²) in [6, 6.07) is 7.91. The molecule has 0 aliphatic heterocycles. The molecule has 1 aromatic carbocycles. The second-order valence-corrected chi connectivity index (χ2v) is 3.37. The minimum atomic E-state index is 0. The Hall–Kier alpha value is -0.930. The van der Waals surface area contributed by atoms with E-state index in [0.29, 0.717) is 18.3 Å². The fourth-order valence-corrected chi connectivity index (χ4v) is 1.25. The van der Waals surface area contributed by atoms with Crippen LogP contribution in [0.2, 0.25) is 0 Å². The van der Waals surface area contributed by atoms with Gasteiger partial charge in [-0.25, -0.2) is 0 Å². The Labute approximate surface area is 107 Å². The predicted octanol–water partition coefficient (Wildman–Crippen LogP) is 2.26. The largest absolute Gasteiger partial charge is 0.497 e. The zero-order valence-electron chi connectivity index (χ0n) is 9.15. The zero-order chi connectivity index (χ0) is 11.1. The van der Waals surface area contributed by atoms with E-state index in [-0.39, 0.29) is 12.4 Å². The molecule has 0 atom stereocenters. The number of benzene rings is 1. The average molecular weight is 263 g/mol. The molecule has 1 aromatic rings. The standard InChI is InChI=1S/C11H15ClN2O.ClH/c1-15-10-4-2-9(3-5-10)6-7-14-11(13)8-12;/h2-5H,6-8H2,1H3,(H2,13,14);1H. The second kappa shape index (κ2) is 8.25. The molecule has 90 valence electrons. The summed E-state index contributed by atoms with van der Waals surface area (Å²) >= 11 is 5.50. The van der Waals surface area contributed by atoms with Gasteiger partial charge in [-0.05, 0) is 24.1 Å². The number of amidine groups is 1. The summed E-state index contributed by atoms with van der Waals surface area (Å²) in [7, 11) is 1.65. The van der Waals surface area contributed by atoms with Crippen molar-refractivity contribution >= 4 is 29.8 Å². The highest BCUT2D eigenvalue weighted by atomic mass is 35.5. The Balaban J connectivity index is 0.00000225. The average Bonchev–Trinajstić information content (AvgIpc) is 2.29. The lowest BCUT2D eigenvalue weighted by atomic mass is 10.1. The van der Waals surface area contributed by atoms with Crippen LogP contribution in [0.4, 0.5) is 0 Å². The van der Waals surface area contributed by atoms with E-state index in [1.165, 1.54) is 5.56 Å². The Morgan fingerprint density at radius 1 is 1.38 bits per heavy atom. The van der Waals surface area contributed by atoms with Crippen molar-refractivity contribution in [3.05, 3.63) is 29.8 Å². The molecule has 16 heavy (non-hydrogen) atoms. The van der Waals surface area contributed by atoms with Gasteiger partial charge in [0.15, 0.2) is 0 Å². The van der Waals surface area contributed by atoms with Gasteiger partial charge in [-0.15, -0.1) is 24.0 Å². The number of methoxy groups -OCH3 is 1. The molecule has 0 aromatic heterocycles. The Bertz CT molecular complexity index is 325. The van der Waals surface area contributed by atoms with E-state index < -0.39 is 0 Å². The van der Waals surface area contributed by atoms with Crippen molar-refractivity contribution in [3.8, 4) is 5.75 Å². The molecular weight excluding hydrogens is 247 g/mol. The molecular formula is C11H16Cl2N2O. The van der Waals surface area contributed by atoms with Crippen molar-refractivity contribution in [2.24, 2.45) is 10.7 Å². The van der Waals surface area contributed by atoms with Gasteiger partial charge < -0.3 is 10.5 Å². The first kappa shape index (κ1) is 15.1. The smallest absolute Gasteiger partial charge is 0.118 e. The third-order valence-corrected chi connectivity index (χ3v) is 2.29. The van der Waals surface area contributed by atoms with Crippen LogP contribution in [0.1, 0.15) is 5.56 Å². The van der Waals surface area contributed by atoms with Gasteiger partial charge in [-0.1, -0.05) is 12.1 Å². The summed E-state index contributed by atoms with van der Waals surface area (Å²) in [5, 5.41) is 0. The van der Waals surface area contributed by atoms with E-state index in [1.54, 1.807) is 7.11 Å². The molecule has 1 rings (SSSR count). The third-order valence-electron chi connectivity index (χ3n) is 2.01. The van der Waals surface area contributed by atoms with Gasteiger partial charge in [-0.3, -0.25) is 4.99 Å². The highest BCUT2D eigenvalue weighted by molar-refractivity contribution is 6.27. The number of hydrogen-bond donors (Lipinski definition) is 1. The van der Waals surface area contributed by atoms with Crippen molar-refractivity contribution in [1.29, 1.82) is 0 Å². The van der Waals surface area contributed by atoms with Gasteiger partial charge in [0.25, 0.3) is 0 Å². The summed E-state index contributed by atoms with van der Waals surface area (Å²) in [5.41, 5.74) is 6.69. The summed E-state index contributed by atoms with van der Waals surface area (Å²) in [6.45, 7) is 0.672. The first-order valence-electron chi connectivity index (χ1n) is 4.74. The van der Waals surface area contributed by atoms with Crippen LogP contribution >= 0.6 is 24.0 Å². The minimum absolute atomic E-state index is 0. The lowest BCUT2D eigenvalue weighted by Gasteiger charge is -2.02. The molecule has 3 nitrogen and oxygen atoms in total. The van der Waals surface area contributed by atoms with E-state index in [0.717, 1.165) is 12.2 Å². The number of hydrogen-bond acceptors (Lipinski definition) is 2. The van der Waals surface area contributed by atoms with Crippen molar-refractivity contribution in [3.63, 3.8) is 0 Å². The molecule has 0 saturated heterocycles. The number of alkyl halides is 1. The molecule has 0 amide bonds. The molecule has 0 aliphatic carbocycles. The molecule has 0 unspecified atom stereocenters. The van der Waals surface area contributed by atoms with Gasteiger partial charge in [0, 0.05) is 6.54 Å². The number of nitrogens with two attached hydrogens (primary N) is 1. The van der Waals surface area contributed by atoms with E-state index in [9.17, 15) is 0 Å². The second-order valence-electron chi connectivity index (χ2n) is 3.10. The molecule has 2 N–H and O–H groups in total. The summed E-state index contributed by atoms with van der Waals surface area (Å²) < 4.78 is 5.06. The number of halogens is 2. The molecule has 0 spiro atoms. The Morgan fingerprint density at radius 3 is 2.50 bits per heavy atom. The van der Waals surface area contributed by atoms with E-state index in [2.05, 4.69) is 4.99 Å². The van der Waals surface area contributed by atoms with Crippen LogP contribution in [0.3, 0.4) is 0 Å². The summed E-state index contributed by atoms with van der Waals surface area (Å²) in [5.74, 6) is 1.65. The molecule has 0 fully saturated rings. The van der Waals surface area contributed by atoms with Gasteiger partial charge >= 0.3 is 0 Å². The lowest BCUT2D eigenvalue weighted by Crippen LogP contribution is -2.14. The van der Waals surface area contributed by atoms with Crippen LogP contribution < -0.4 is 10.5 Å². The van der Waals surface area contributed by atoms with Crippen molar-refractivity contribution in [1.82, 2.24) is 0 Å². The first-order chi connectivity index (χ1) is 7.26. The minimum Gasteiger partial charge on any atom is -0.497 e. The number of rotatable bonds is 5. The van der Waals surface area contributed by atoms with Gasteiger partial charge in [0.05, 0.1) is 13.0 Å². The van der Waals surface area contributed by atoms with Crippen LogP contribution in [0.15, 0.2) is 29.3 Å². The monoisotopic (exact) mass is 262 g/mol. The number of ether oxygens (including phenoxy) is 1. The van der Waals surface area contributed by atoms with Gasteiger partial charge in [0.2, 0.25) is 0 Å². The van der Waals surface area contributed by atoms with E-state index in [4.69, 9.17) is 22.1 Å². The molecule has 0 saturated carbocycles. The zero-order valence-corrected chi connectivity index (χ0v) is 10.7. The number of nitrogens with zero attached hydrogens (tertiary/aromatic N) is 1. The lowest BCUT2D eigenvalue weighted by molar-refractivity contribution is 0.414.